The van der Waals surface area contributed by atoms with Crippen molar-refractivity contribution >= 4 is 5.91 Å². The van der Waals surface area contributed by atoms with Crippen molar-refractivity contribution in [2.24, 2.45) is 0 Å². The molecule has 0 radical (unpaired) electrons. The second kappa shape index (κ2) is 5.96. The summed E-state index contributed by atoms with van der Waals surface area (Å²) in [5.41, 5.74) is 3.12. The predicted molar refractivity (Wildman–Crippen MR) is 71.0 cm³/mol. The molecule has 3 heteroatoms. The van der Waals surface area contributed by atoms with Gasteiger partial charge in [0.15, 0.2) is 0 Å². The summed E-state index contributed by atoms with van der Waals surface area (Å²) in [5, 5.41) is 2.89. The zero-order valence-electron chi connectivity index (χ0n) is 10.4. The number of pyridine rings is 1. The third-order valence-electron chi connectivity index (χ3n) is 2.68. The number of benzene rings is 1. The first kappa shape index (κ1) is 12.3. The molecule has 3 nitrogen and oxygen atoms in total. The molecule has 0 aliphatic heterocycles. The molecule has 0 saturated carbocycles. The number of nitrogens with zero attached hydrogens (tertiary/aromatic N) is 1. The summed E-state index contributed by atoms with van der Waals surface area (Å²) >= 11 is 0. The van der Waals surface area contributed by atoms with Crippen molar-refractivity contribution in [3.63, 3.8) is 0 Å². The Labute approximate surface area is 107 Å². The highest BCUT2D eigenvalue weighted by Gasteiger charge is 2.03. The Balaban J connectivity index is 1.83. The molecule has 0 unspecified atom stereocenters. The van der Waals surface area contributed by atoms with E-state index >= 15 is 0 Å². The number of amides is 1. The van der Waals surface area contributed by atoms with Crippen LogP contribution in [0.5, 0.6) is 0 Å². The SMILES string of the molecule is Cc1ccc(CNC(=O)Cc2ccccn2)cc1. The minimum Gasteiger partial charge on any atom is -0.352 e. The van der Waals surface area contributed by atoms with Gasteiger partial charge in [0.25, 0.3) is 0 Å². The Kier molecular flexibility index (Phi) is 4.07. The van der Waals surface area contributed by atoms with Crippen LogP contribution < -0.4 is 5.32 Å². The fraction of sp³-hybridized carbons (Fsp3) is 0.200. The molecule has 0 bridgehead atoms. The van der Waals surface area contributed by atoms with Gasteiger partial charge in [-0.1, -0.05) is 35.9 Å². The Hall–Kier alpha value is -2.16. The van der Waals surface area contributed by atoms with E-state index in [1.54, 1.807) is 6.20 Å². The number of nitrogens with one attached hydrogen (secondary N) is 1. The zero-order chi connectivity index (χ0) is 12.8. The molecule has 2 aromatic rings. The highest BCUT2D eigenvalue weighted by Crippen LogP contribution is 2.02. The molecule has 1 aromatic heterocycles. The average molecular weight is 240 g/mol. The maximum Gasteiger partial charge on any atom is 0.226 e. The zero-order valence-corrected chi connectivity index (χ0v) is 10.4. The van der Waals surface area contributed by atoms with Crippen LogP contribution in [-0.4, -0.2) is 10.9 Å². The van der Waals surface area contributed by atoms with Gasteiger partial charge in [-0.15, -0.1) is 0 Å². The topological polar surface area (TPSA) is 42.0 Å². The lowest BCUT2D eigenvalue weighted by atomic mass is 10.1. The van der Waals surface area contributed by atoms with Gasteiger partial charge in [0.1, 0.15) is 0 Å². The second-order valence-corrected chi connectivity index (χ2v) is 4.26. The van der Waals surface area contributed by atoms with E-state index in [4.69, 9.17) is 0 Å². The van der Waals surface area contributed by atoms with Gasteiger partial charge < -0.3 is 5.32 Å². The predicted octanol–water partition coefficient (Wildman–Crippen LogP) is 2.25. The molecule has 0 aliphatic carbocycles. The van der Waals surface area contributed by atoms with Crippen LogP contribution in [-0.2, 0) is 17.8 Å². The van der Waals surface area contributed by atoms with E-state index in [0.29, 0.717) is 13.0 Å². The van der Waals surface area contributed by atoms with Crippen molar-refractivity contribution in [3.05, 3.63) is 65.5 Å². The number of aromatic nitrogens is 1. The Morgan fingerprint density at radius 1 is 1.17 bits per heavy atom. The maximum absolute atomic E-state index is 11.7. The largest absolute Gasteiger partial charge is 0.352 e. The molecule has 1 amide bonds. The maximum atomic E-state index is 11.7. The van der Waals surface area contributed by atoms with Gasteiger partial charge in [-0.2, -0.15) is 0 Å². The van der Waals surface area contributed by atoms with E-state index < -0.39 is 0 Å². The molecule has 0 atom stereocenters. The monoisotopic (exact) mass is 240 g/mol. The van der Waals surface area contributed by atoms with Crippen LogP contribution in [0.3, 0.4) is 0 Å². The van der Waals surface area contributed by atoms with Crippen LogP contribution in [0.4, 0.5) is 0 Å². The number of carbonyl (C=O) groups excluding carboxylic acids is 1. The van der Waals surface area contributed by atoms with Crippen LogP contribution >= 0.6 is 0 Å². The van der Waals surface area contributed by atoms with E-state index in [2.05, 4.69) is 10.3 Å². The number of carbonyl (C=O) groups is 1. The van der Waals surface area contributed by atoms with Gasteiger partial charge in [-0.05, 0) is 24.6 Å². The smallest absolute Gasteiger partial charge is 0.226 e. The van der Waals surface area contributed by atoms with Crippen LogP contribution in [0.2, 0.25) is 0 Å². The van der Waals surface area contributed by atoms with Crippen molar-refractivity contribution in [3.8, 4) is 0 Å². The first-order valence-corrected chi connectivity index (χ1v) is 5.96. The van der Waals surface area contributed by atoms with E-state index in [1.165, 1.54) is 5.56 Å². The fourth-order valence-electron chi connectivity index (χ4n) is 1.64. The molecule has 0 saturated heterocycles. The van der Waals surface area contributed by atoms with E-state index in [1.807, 2.05) is 49.4 Å². The molecule has 0 aliphatic rings. The van der Waals surface area contributed by atoms with E-state index in [-0.39, 0.29) is 5.91 Å². The van der Waals surface area contributed by atoms with Gasteiger partial charge in [-0.3, -0.25) is 9.78 Å². The molecular weight excluding hydrogens is 224 g/mol. The average Bonchev–Trinajstić information content (AvgIpc) is 2.39. The molecule has 92 valence electrons. The lowest BCUT2D eigenvalue weighted by Crippen LogP contribution is -2.24. The summed E-state index contributed by atoms with van der Waals surface area (Å²) in [6, 6.07) is 13.7. The lowest BCUT2D eigenvalue weighted by molar-refractivity contribution is -0.120. The molecule has 1 heterocycles. The Bertz CT molecular complexity index is 506. The molecular formula is C15H16N2O. The van der Waals surface area contributed by atoms with Gasteiger partial charge >= 0.3 is 0 Å². The highest BCUT2D eigenvalue weighted by molar-refractivity contribution is 5.78. The van der Waals surface area contributed by atoms with Gasteiger partial charge in [0.2, 0.25) is 5.91 Å². The van der Waals surface area contributed by atoms with Crippen LogP contribution in [0.1, 0.15) is 16.8 Å². The molecule has 1 N–H and O–H groups in total. The molecule has 18 heavy (non-hydrogen) atoms. The van der Waals surface area contributed by atoms with Crippen molar-refractivity contribution in [1.82, 2.24) is 10.3 Å². The van der Waals surface area contributed by atoms with Crippen molar-refractivity contribution in [1.29, 1.82) is 0 Å². The van der Waals surface area contributed by atoms with Crippen LogP contribution in [0, 0.1) is 6.92 Å². The van der Waals surface area contributed by atoms with Crippen molar-refractivity contribution < 1.29 is 4.79 Å². The summed E-state index contributed by atoms with van der Waals surface area (Å²) in [5.74, 6) is -0.00530. The van der Waals surface area contributed by atoms with Crippen LogP contribution in [0.25, 0.3) is 0 Å². The standard InChI is InChI=1S/C15H16N2O/c1-12-5-7-13(8-6-12)11-17-15(18)10-14-4-2-3-9-16-14/h2-9H,10-11H2,1H3,(H,17,18). The Morgan fingerprint density at radius 3 is 2.61 bits per heavy atom. The quantitative estimate of drug-likeness (QED) is 0.890. The van der Waals surface area contributed by atoms with E-state index in [9.17, 15) is 4.79 Å². The van der Waals surface area contributed by atoms with Gasteiger partial charge in [0, 0.05) is 18.4 Å². The highest BCUT2D eigenvalue weighted by atomic mass is 16.1. The molecule has 2 rings (SSSR count). The number of hydrogen-bond donors (Lipinski definition) is 1. The first-order chi connectivity index (χ1) is 8.74. The number of aryl methyl sites for hydroxylation is 1. The first-order valence-electron chi connectivity index (χ1n) is 5.96. The lowest BCUT2D eigenvalue weighted by Gasteiger charge is -2.05. The van der Waals surface area contributed by atoms with Gasteiger partial charge in [0.05, 0.1) is 6.42 Å². The van der Waals surface area contributed by atoms with E-state index in [0.717, 1.165) is 11.3 Å². The summed E-state index contributed by atoms with van der Waals surface area (Å²) in [7, 11) is 0. The molecule has 1 aromatic carbocycles. The third-order valence-corrected chi connectivity index (χ3v) is 2.68. The normalized spacial score (nSPS) is 10.1. The third kappa shape index (κ3) is 3.70. The van der Waals surface area contributed by atoms with Gasteiger partial charge in [-0.25, -0.2) is 0 Å². The number of hydrogen-bond acceptors (Lipinski definition) is 2. The minimum absolute atomic E-state index is 0.00530. The Morgan fingerprint density at radius 2 is 1.94 bits per heavy atom. The van der Waals surface area contributed by atoms with Crippen molar-refractivity contribution in [2.45, 2.75) is 19.9 Å². The van der Waals surface area contributed by atoms with Crippen LogP contribution in [0.15, 0.2) is 48.7 Å². The fourth-order valence-corrected chi connectivity index (χ4v) is 1.64. The number of rotatable bonds is 4. The van der Waals surface area contributed by atoms with Crippen molar-refractivity contribution in [2.75, 3.05) is 0 Å². The summed E-state index contributed by atoms with van der Waals surface area (Å²) in [4.78, 5) is 15.8. The second-order valence-electron chi connectivity index (χ2n) is 4.26. The molecule has 0 fully saturated rings. The molecule has 0 spiro atoms. The summed E-state index contributed by atoms with van der Waals surface area (Å²) in [6.45, 7) is 2.61. The summed E-state index contributed by atoms with van der Waals surface area (Å²) in [6.07, 6.45) is 2.02. The summed E-state index contributed by atoms with van der Waals surface area (Å²) < 4.78 is 0. The minimum atomic E-state index is -0.00530.